The third-order valence-electron chi connectivity index (χ3n) is 0.830. The van der Waals surface area contributed by atoms with Gasteiger partial charge in [-0.05, 0) is 12.1 Å². The molecule has 4 heteroatoms. The summed E-state index contributed by atoms with van der Waals surface area (Å²) in [6, 6.07) is 5.85. The second-order valence-electron chi connectivity index (χ2n) is 1.52. The topological polar surface area (TPSA) is 40.5 Å². The van der Waals surface area contributed by atoms with Crippen LogP contribution in [0.3, 0.4) is 0 Å². The summed E-state index contributed by atoms with van der Waals surface area (Å²) in [5.74, 6) is 0.176. The zero-order valence-electron chi connectivity index (χ0n) is 6.20. The molecule has 0 aliphatic heterocycles. The molecule has 1 aromatic rings. The Bertz CT molecular complexity index is 174. The molecular weight excluding hydrogens is 182 g/mol. The number of hydrogen-bond donors (Lipinski definition) is 2. The monoisotopic (exact) mass is 188 g/mol. The van der Waals surface area contributed by atoms with Gasteiger partial charge in [-0.3, -0.25) is 0 Å². The van der Waals surface area contributed by atoms with E-state index in [1.807, 2.05) is 0 Å². The van der Waals surface area contributed by atoms with Gasteiger partial charge in [-0.15, -0.1) is 0 Å². The summed E-state index contributed by atoms with van der Waals surface area (Å²) in [5, 5.41) is 17.3. The van der Waals surface area contributed by atoms with E-state index in [4.69, 9.17) is 10.2 Å². The first kappa shape index (κ1) is 14.6. The molecule has 0 radical (unpaired) electrons. The molecule has 1 rings (SSSR count). The molecule has 0 bridgehead atoms. The van der Waals surface area contributed by atoms with E-state index in [1.165, 1.54) is 18.2 Å². The van der Waals surface area contributed by atoms with Gasteiger partial charge < -0.3 is 10.2 Å². The molecular formula is C6H6K2O2+2. The molecule has 0 saturated carbocycles. The molecule has 0 saturated heterocycles. The maximum absolute atomic E-state index is 8.65. The first-order valence-electron chi connectivity index (χ1n) is 2.27. The molecule has 2 N–H and O–H groups in total. The smallest absolute Gasteiger partial charge is 0.508 e. The van der Waals surface area contributed by atoms with Crippen LogP contribution in [-0.2, 0) is 0 Å². The average molecular weight is 188 g/mol. The predicted molar refractivity (Wildman–Crippen MR) is 29.8 cm³/mol. The largest absolute Gasteiger partial charge is 1.00 e. The van der Waals surface area contributed by atoms with Crippen LogP contribution >= 0.6 is 0 Å². The minimum absolute atomic E-state index is 0. The fraction of sp³-hybridized carbons (Fsp3) is 0. The van der Waals surface area contributed by atoms with Gasteiger partial charge in [0.05, 0.1) is 0 Å². The van der Waals surface area contributed by atoms with Crippen molar-refractivity contribution in [3.8, 4) is 11.5 Å². The van der Waals surface area contributed by atoms with Gasteiger partial charge in [0.2, 0.25) is 0 Å². The number of phenols is 2. The summed E-state index contributed by atoms with van der Waals surface area (Å²) in [6.07, 6.45) is 0. The Morgan fingerprint density at radius 2 is 1.30 bits per heavy atom. The average Bonchev–Trinajstić information content (AvgIpc) is 1.64. The Morgan fingerprint density at radius 1 is 0.900 bits per heavy atom. The van der Waals surface area contributed by atoms with Crippen LogP contribution in [0.2, 0.25) is 0 Å². The van der Waals surface area contributed by atoms with Crippen LogP contribution in [0.4, 0.5) is 0 Å². The molecule has 0 spiro atoms. The Hall–Kier alpha value is 2.09. The summed E-state index contributed by atoms with van der Waals surface area (Å²) in [6.45, 7) is 0. The van der Waals surface area contributed by atoms with Crippen molar-refractivity contribution in [2.24, 2.45) is 0 Å². The van der Waals surface area contributed by atoms with E-state index in [9.17, 15) is 0 Å². The first-order chi connectivity index (χ1) is 3.79. The summed E-state index contributed by atoms with van der Waals surface area (Å²) in [4.78, 5) is 0. The van der Waals surface area contributed by atoms with E-state index >= 15 is 0 Å². The maximum atomic E-state index is 8.65. The van der Waals surface area contributed by atoms with E-state index in [0.29, 0.717) is 0 Å². The zero-order valence-corrected chi connectivity index (χ0v) is 12.5. The number of hydrogen-bond acceptors (Lipinski definition) is 2. The molecule has 0 aliphatic carbocycles. The van der Waals surface area contributed by atoms with E-state index < -0.39 is 0 Å². The third kappa shape index (κ3) is 5.71. The molecule has 0 atom stereocenters. The van der Waals surface area contributed by atoms with Gasteiger partial charge in [0.25, 0.3) is 0 Å². The van der Waals surface area contributed by atoms with Crippen LogP contribution in [0.5, 0.6) is 11.5 Å². The summed E-state index contributed by atoms with van der Waals surface area (Å²) in [5.41, 5.74) is 0. The van der Waals surface area contributed by atoms with E-state index in [-0.39, 0.29) is 114 Å². The predicted octanol–water partition coefficient (Wildman–Crippen LogP) is -4.89. The van der Waals surface area contributed by atoms with Crippen LogP contribution < -0.4 is 103 Å². The molecule has 1 aromatic carbocycles. The van der Waals surface area contributed by atoms with Crippen LogP contribution in [0.25, 0.3) is 0 Å². The molecule has 0 aromatic heterocycles. The first-order valence-corrected chi connectivity index (χ1v) is 2.27. The zero-order chi connectivity index (χ0) is 5.98. The van der Waals surface area contributed by atoms with Crippen LogP contribution in [0.15, 0.2) is 24.3 Å². The van der Waals surface area contributed by atoms with Crippen molar-refractivity contribution in [3.63, 3.8) is 0 Å². The van der Waals surface area contributed by atoms with Gasteiger partial charge in [0, 0.05) is 6.07 Å². The summed E-state index contributed by atoms with van der Waals surface area (Å²) >= 11 is 0. The van der Waals surface area contributed by atoms with Gasteiger partial charge in [-0.2, -0.15) is 0 Å². The molecule has 0 heterocycles. The SMILES string of the molecule is Oc1cccc(O)c1.[K+].[K+]. The maximum Gasteiger partial charge on any atom is 1.00 e. The molecule has 0 unspecified atom stereocenters. The second-order valence-corrected chi connectivity index (χ2v) is 1.52. The van der Waals surface area contributed by atoms with Crippen LogP contribution in [-0.4, -0.2) is 10.2 Å². The van der Waals surface area contributed by atoms with Crippen molar-refractivity contribution >= 4 is 0 Å². The quantitative estimate of drug-likeness (QED) is 0.401. The normalized spacial score (nSPS) is 7.20. The fourth-order valence-electron chi connectivity index (χ4n) is 0.493. The fourth-order valence-corrected chi connectivity index (χ4v) is 0.493. The second kappa shape index (κ2) is 7.73. The van der Waals surface area contributed by atoms with Crippen LogP contribution in [0, 0.1) is 0 Å². The van der Waals surface area contributed by atoms with E-state index in [1.54, 1.807) is 6.07 Å². The summed E-state index contributed by atoms with van der Waals surface area (Å²) < 4.78 is 0. The number of phenolic OH excluding ortho intramolecular Hbond substituents is 2. The van der Waals surface area contributed by atoms with Gasteiger partial charge >= 0.3 is 103 Å². The van der Waals surface area contributed by atoms with Gasteiger partial charge in [-0.25, -0.2) is 0 Å². The van der Waals surface area contributed by atoms with Crippen molar-refractivity contribution in [3.05, 3.63) is 24.3 Å². The molecule has 10 heavy (non-hydrogen) atoms. The Kier molecular flexibility index (Phi) is 11.3. The van der Waals surface area contributed by atoms with E-state index in [2.05, 4.69) is 0 Å². The van der Waals surface area contributed by atoms with Gasteiger partial charge in [-0.1, -0.05) is 6.07 Å². The third-order valence-corrected chi connectivity index (χ3v) is 0.830. The van der Waals surface area contributed by atoms with Gasteiger partial charge in [0.15, 0.2) is 0 Å². The van der Waals surface area contributed by atoms with Crippen LogP contribution in [0.1, 0.15) is 0 Å². The number of rotatable bonds is 0. The van der Waals surface area contributed by atoms with E-state index in [0.717, 1.165) is 0 Å². The molecule has 0 fully saturated rings. The molecule has 0 amide bonds. The van der Waals surface area contributed by atoms with Crippen molar-refractivity contribution in [2.75, 3.05) is 0 Å². The Labute approximate surface area is 145 Å². The van der Waals surface area contributed by atoms with Crippen molar-refractivity contribution in [2.45, 2.75) is 0 Å². The number of benzene rings is 1. The number of aromatic hydroxyl groups is 2. The minimum atomic E-state index is 0. The van der Waals surface area contributed by atoms with Crippen molar-refractivity contribution in [1.29, 1.82) is 0 Å². The Morgan fingerprint density at radius 3 is 1.50 bits per heavy atom. The minimum Gasteiger partial charge on any atom is -0.508 e. The van der Waals surface area contributed by atoms with Gasteiger partial charge in [0.1, 0.15) is 11.5 Å². The van der Waals surface area contributed by atoms with Crippen molar-refractivity contribution < 1.29 is 113 Å². The van der Waals surface area contributed by atoms with Crippen molar-refractivity contribution in [1.82, 2.24) is 0 Å². The molecule has 2 nitrogen and oxygen atoms in total. The molecule has 0 aliphatic rings. The molecule has 42 valence electrons. The summed E-state index contributed by atoms with van der Waals surface area (Å²) in [7, 11) is 0. The standard InChI is InChI=1S/C6H6O2.2K/c7-5-2-1-3-6(8)4-5;;/h1-4,7-8H;;/q;2*+1. The Balaban J connectivity index is 0.